The summed E-state index contributed by atoms with van der Waals surface area (Å²) >= 11 is 0. The molecule has 14 heavy (non-hydrogen) atoms. The lowest BCUT2D eigenvalue weighted by Crippen LogP contribution is -2.48. The number of likely N-dealkylation sites (tertiary alicyclic amines) is 1. The van der Waals surface area contributed by atoms with Crippen LogP contribution in [0.1, 0.15) is 27.7 Å². The van der Waals surface area contributed by atoms with Gasteiger partial charge in [-0.15, -0.1) is 0 Å². The molecule has 0 aromatic carbocycles. The van der Waals surface area contributed by atoms with E-state index < -0.39 is 0 Å². The summed E-state index contributed by atoms with van der Waals surface area (Å²) in [5.74, 6) is 0. The lowest BCUT2D eigenvalue weighted by Gasteiger charge is -2.22. The highest BCUT2D eigenvalue weighted by atomic mass is 15.3. The zero-order valence-corrected chi connectivity index (χ0v) is 10.2. The van der Waals surface area contributed by atoms with Gasteiger partial charge < -0.3 is 10.6 Å². The van der Waals surface area contributed by atoms with Crippen LogP contribution in [0.2, 0.25) is 0 Å². The maximum atomic E-state index is 3.62. The molecule has 0 spiro atoms. The van der Waals surface area contributed by atoms with Crippen molar-refractivity contribution in [1.29, 1.82) is 0 Å². The van der Waals surface area contributed by atoms with Crippen LogP contribution in [0, 0.1) is 0 Å². The molecular formula is C11H25N3. The number of hydrogen-bond acceptors (Lipinski definition) is 3. The Kier molecular flexibility index (Phi) is 4.35. The van der Waals surface area contributed by atoms with Crippen molar-refractivity contribution in [1.82, 2.24) is 15.5 Å². The van der Waals surface area contributed by atoms with Gasteiger partial charge in [-0.05, 0) is 20.9 Å². The van der Waals surface area contributed by atoms with Crippen molar-refractivity contribution in [3.63, 3.8) is 0 Å². The summed E-state index contributed by atoms with van der Waals surface area (Å²) in [6, 6.07) is 2.43. The van der Waals surface area contributed by atoms with Crippen molar-refractivity contribution in [2.45, 2.75) is 51.9 Å². The van der Waals surface area contributed by atoms with Gasteiger partial charge in [0, 0.05) is 37.3 Å². The molecule has 1 saturated heterocycles. The Morgan fingerprint density at radius 3 is 2.07 bits per heavy atom. The van der Waals surface area contributed by atoms with Crippen LogP contribution >= 0.6 is 0 Å². The molecule has 0 radical (unpaired) electrons. The van der Waals surface area contributed by atoms with E-state index in [1.807, 2.05) is 0 Å². The molecule has 1 aliphatic heterocycles. The molecule has 3 heteroatoms. The minimum Gasteiger partial charge on any atom is -0.314 e. The van der Waals surface area contributed by atoms with Gasteiger partial charge in [0.15, 0.2) is 0 Å². The second-order valence-corrected chi connectivity index (χ2v) is 4.87. The highest BCUT2D eigenvalue weighted by Crippen LogP contribution is 2.13. The maximum Gasteiger partial charge on any atom is 0.0363 e. The second-order valence-electron chi connectivity index (χ2n) is 4.87. The Morgan fingerprint density at radius 1 is 1.07 bits per heavy atom. The zero-order valence-electron chi connectivity index (χ0n) is 10.2. The molecular weight excluding hydrogens is 174 g/mol. The Labute approximate surface area is 88.2 Å². The van der Waals surface area contributed by atoms with Crippen molar-refractivity contribution in [3.05, 3.63) is 0 Å². The molecule has 0 saturated carbocycles. The van der Waals surface area contributed by atoms with Crippen molar-refractivity contribution in [2.24, 2.45) is 0 Å². The van der Waals surface area contributed by atoms with Gasteiger partial charge in [0.05, 0.1) is 0 Å². The number of likely N-dealkylation sites (N-methyl/N-ethyl adjacent to an activating group) is 1. The monoisotopic (exact) mass is 199 g/mol. The van der Waals surface area contributed by atoms with Crippen LogP contribution in [0.4, 0.5) is 0 Å². The van der Waals surface area contributed by atoms with Crippen LogP contribution in [0.25, 0.3) is 0 Å². The van der Waals surface area contributed by atoms with Crippen LogP contribution in [0.3, 0.4) is 0 Å². The summed E-state index contributed by atoms with van der Waals surface area (Å²) in [5.41, 5.74) is 0. The molecule has 0 bridgehead atoms. The second kappa shape index (κ2) is 5.10. The van der Waals surface area contributed by atoms with E-state index in [1.54, 1.807) is 0 Å². The van der Waals surface area contributed by atoms with Crippen molar-refractivity contribution in [3.8, 4) is 0 Å². The maximum absolute atomic E-state index is 3.62. The first kappa shape index (κ1) is 12.0. The van der Waals surface area contributed by atoms with E-state index in [0.717, 1.165) is 0 Å². The van der Waals surface area contributed by atoms with Crippen LogP contribution < -0.4 is 10.6 Å². The fourth-order valence-electron chi connectivity index (χ4n) is 2.15. The minimum absolute atomic E-state index is 0.572. The Bertz CT molecular complexity index is 168. The molecule has 0 aromatic heterocycles. The zero-order chi connectivity index (χ0) is 10.7. The van der Waals surface area contributed by atoms with Gasteiger partial charge >= 0.3 is 0 Å². The largest absolute Gasteiger partial charge is 0.314 e. The van der Waals surface area contributed by atoms with Crippen LogP contribution in [-0.2, 0) is 0 Å². The van der Waals surface area contributed by atoms with Crippen LogP contribution in [0.15, 0.2) is 0 Å². The first-order valence-electron chi connectivity index (χ1n) is 5.72. The summed E-state index contributed by atoms with van der Waals surface area (Å²) in [4.78, 5) is 2.53. The minimum atomic E-state index is 0.572. The van der Waals surface area contributed by atoms with Gasteiger partial charge in [-0.2, -0.15) is 0 Å². The van der Waals surface area contributed by atoms with Gasteiger partial charge in [0.25, 0.3) is 0 Å². The normalized spacial score (nSPS) is 29.4. The molecule has 0 aliphatic carbocycles. The molecule has 1 aliphatic rings. The Balaban J connectivity index is 2.49. The summed E-state index contributed by atoms with van der Waals surface area (Å²) in [6.45, 7) is 11.3. The SMILES string of the molecule is CNC1CN(C(C)C)CC1NC(C)C. The van der Waals surface area contributed by atoms with E-state index in [4.69, 9.17) is 0 Å². The molecule has 1 heterocycles. The van der Waals surface area contributed by atoms with Crippen molar-refractivity contribution >= 4 is 0 Å². The van der Waals surface area contributed by atoms with Gasteiger partial charge in [0.1, 0.15) is 0 Å². The topological polar surface area (TPSA) is 27.3 Å². The highest BCUT2D eigenvalue weighted by molar-refractivity contribution is 4.94. The Morgan fingerprint density at radius 2 is 1.64 bits per heavy atom. The lowest BCUT2D eigenvalue weighted by molar-refractivity contribution is 0.264. The summed E-state index contributed by atoms with van der Waals surface area (Å²) < 4.78 is 0. The molecule has 0 aromatic rings. The predicted molar refractivity (Wildman–Crippen MR) is 61.6 cm³/mol. The summed E-state index contributed by atoms with van der Waals surface area (Å²) in [5, 5.41) is 7.02. The van der Waals surface area contributed by atoms with Gasteiger partial charge in [0.2, 0.25) is 0 Å². The van der Waals surface area contributed by atoms with E-state index in [-0.39, 0.29) is 0 Å². The third-order valence-corrected chi connectivity index (χ3v) is 3.00. The fourth-order valence-corrected chi connectivity index (χ4v) is 2.15. The molecule has 3 nitrogen and oxygen atoms in total. The number of nitrogens with one attached hydrogen (secondary N) is 2. The Hall–Kier alpha value is -0.120. The van der Waals surface area contributed by atoms with Gasteiger partial charge in [-0.25, -0.2) is 0 Å². The van der Waals surface area contributed by atoms with E-state index in [1.165, 1.54) is 13.1 Å². The molecule has 2 N–H and O–H groups in total. The fraction of sp³-hybridized carbons (Fsp3) is 1.00. The smallest absolute Gasteiger partial charge is 0.0363 e. The molecule has 0 amide bonds. The molecule has 1 rings (SSSR count). The van der Waals surface area contributed by atoms with Crippen LogP contribution in [-0.4, -0.2) is 49.2 Å². The quantitative estimate of drug-likeness (QED) is 0.697. The first-order valence-corrected chi connectivity index (χ1v) is 5.72. The predicted octanol–water partition coefficient (Wildman–Crippen LogP) is 0.665. The molecule has 2 atom stereocenters. The third-order valence-electron chi connectivity index (χ3n) is 3.00. The molecule has 84 valence electrons. The number of nitrogens with zero attached hydrogens (tertiary/aromatic N) is 1. The number of hydrogen-bond donors (Lipinski definition) is 2. The van der Waals surface area contributed by atoms with E-state index in [9.17, 15) is 0 Å². The van der Waals surface area contributed by atoms with E-state index in [0.29, 0.717) is 24.2 Å². The summed E-state index contributed by atoms with van der Waals surface area (Å²) in [7, 11) is 2.06. The van der Waals surface area contributed by atoms with Crippen LogP contribution in [0.5, 0.6) is 0 Å². The average molecular weight is 199 g/mol. The first-order chi connectivity index (χ1) is 6.54. The lowest BCUT2D eigenvalue weighted by atomic mass is 10.1. The van der Waals surface area contributed by atoms with Crippen molar-refractivity contribution < 1.29 is 0 Å². The van der Waals surface area contributed by atoms with E-state index >= 15 is 0 Å². The summed E-state index contributed by atoms with van der Waals surface area (Å²) in [6.07, 6.45) is 0. The van der Waals surface area contributed by atoms with Crippen molar-refractivity contribution in [2.75, 3.05) is 20.1 Å². The average Bonchev–Trinajstić information content (AvgIpc) is 2.46. The molecule has 1 fully saturated rings. The molecule has 2 unspecified atom stereocenters. The standard InChI is InChI=1S/C11H25N3/c1-8(2)13-11-7-14(9(3)4)6-10(11)12-5/h8-13H,6-7H2,1-5H3. The van der Waals surface area contributed by atoms with Gasteiger partial charge in [-0.1, -0.05) is 13.8 Å². The third kappa shape index (κ3) is 2.94. The van der Waals surface area contributed by atoms with E-state index in [2.05, 4.69) is 50.3 Å². The highest BCUT2D eigenvalue weighted by Gasteiger charge is 2.32. The number of rotatable bonds is 4. The van der Waals surface area contributed by atoms with Gasteiger partial charge in [-0.3, -0.25) is 4.90 Å².